The summed E-state index contributed by atoms with van der Waals surface area (Å²) in [6.07, 6.45) is 6.43. The highest BCUT2D eigenvalue weighted by Crippen LogP contribution is 2.49. The van der Waals surface area contributed by atoms with E-state index in [9.17, 15) is 14.4 Å². The molecule has 0 aliphatic carbocycles. The maximum absolute atomic E-state index is 13.2. The number of fused-ring (bicyclic) bond motifs is 4. The molecule has 0 radical (unpaired) electrons. The smallest absolute Gasteiger partial charge is 0.255 e. The summed E-state index contributed by atoms with van der Waals surface area (Å²) < 4.78 is 13.3. The fraction of sp³-hybridized carbons (Fsp3) is 0.419. The van der Waals surface area contributed by atoms with Crippen molar-refractivity contribution in [1.82, 2.24) is 24.9 Å². The topological polar surface area (TPSA) is 106 Å². The second kappa shape index (κ2) is 10.1. The molecule has 1 aromatic heterocycles. The maximum atomic E-state index is 13.2. The van der Waals surface area contributed by atoms with Crippen molar-refractivity contribution in [3.05, 3.63) is 71.0 Å². The largest absolute Gasteiger partial charge is 0.492 e. The third-order valence-electron chi connectivity index (χ3n) is 9.10. The summed E-state index contributed by atoms with van der Waals surface area (Å²) >= 11 is 0. The molecule has 1 atom stereocenters. The van der Waals surface area contributed by atoms with Crippen molar-refractivity contribution in [3.8, 4) is 16.9 Å². The molecule has 7 rings (SSSR count). The Morgan fingerprint density at radius 2 is 1.98 bits per heavy atom. The summed E-state index contributed by atoms with van der Waals surface area (Å²) in [6, 6.07) is 12.0. The number of carbonyl (C=O) groups excluding carboxylic acids is 3. The number of carbonyl (C=O) groups is 3. The van der Waals surface area contributed by atoms with E-state index in [-0.39, 0.29) is 23.7 Å². The van der Waals surface area contributed by atoms with Gasteiger partial charge in [0, 0.05) is 53.9 Å². The minimum absolute atomic E-state index is 0.0657. The average molecular weight is 556 g/mol. The summed E-state index contributed by atoms with van der Waals surface area (Å²) in [6.45, 7) is 4.17. The van der Waals surface area contributed by atoms with Crippen molar-refractivity contribution in [2.75, 3.05) is 26.8 Å². The van der Waals surface area contributed by atoms with Crippen molar-refractivity contribution in [1.29, 1.82) is 0 Å². The SMILES string of the molecule is COCn1cc(-c2cccc(CN3CCC4(CC3)COc3c4ccc4c3CN([C@H]3CCC(=O)NC3=O)C4=O)c2)cn1. The van der Waals surface area contributed by atoms with Gasteiger partial charge in [0.05, 0.1) is 19.3 Å². The predicted octanol–water partition coefficient (Wildman–Crippen LogP) is 2.84. The molecule has 41 heavy (non-hydrogen) atoms. The molecule has 0 bridgehead atoms. The van der Waals surface area contributed by atoms with E-state index in [1.807, 2.05) is 18.5 Å². The Bertz CT molecular complexity index is 1540. The number of methoxy groups -OCH3 is 1. The molecular formula is C31H33N5O5. The van der Waals surface area contributed by atoms with Crippen LogP contribution >= 0.6 is 0 Å². The number of hydrogen-bond donors (Lipinski definition) is 1. The van der Waals surface area contributed by atoms with Crippen LogP contribution in [0.2, 0.25) is 0 Å². The highest BCUT2D eigenvalue weighted by atomic mass is 16.5. The molecule has 5 heterocycles. The number of amides is 3. The Morgan fingerprint density at radius 3 is 2.78 bits per heavy atom. The van der Waals surface area contributed by atoms with Crippen LogP contribution in [0.4, 0.5) is 0 Å². The van der Waals surface area contributed by atoms with Crippen molar-refractivity contribution in [2.24, 2.45) is 0 Å². The van der Waals surface area contributed by atoms with Crippen LogP contribution in [0.1, 0.15) is 52.7 Å². The monoisotopic (exact) mass is 555 g/mol. The summed E-state index contributed by atoms with van der Waals surface area (Å²) in [4.78, 5) is 41.4. The zero-order valence-corrected chi connectivity index (χ0v) is 23.1. The quantitative estimate of drug-likeness (QED) is 0.467. The summed E-state index contributed by atoms with van der Waals surface area (Å²) in [5.41, 5.74) is 6.09. The average Bonchev–Trinajstić information content (AvgIpc) is 3.67. The van der Waals surface area contributed by atoms with E-state index >= 15 is 0 Å². The van der Waals surface area contributed by atoms with Crippen molar-refractivity contribution in [3.63, 3.8) is 0 Å². The van der Waals surface area contributed by atoms with Crippen molar-refractivity contribution < 1.29 is 23.9 Å². The minimum atomic E-state index is -0.623. The number of piperidine rings is 2. The maximum Gasteiger partial charge on any atom is 0.255 e. The van der Waals surface area contributed by atoms with Gasteiger partial charge in [0.1, 0.15) is 18.5 Å². The molecule has 0 unspecified atom stereocenters. The Kier molecular flexibility index (Phi) is 6.39. The number of aromatic nitrogens is 2. The lowest BCUT2D eigenvalue weighted by atomic mass is 9.74. The van der Waals surface area contributed by atoms with E-state index in [0.717, 1.165) is 54.9 Å². The molecule has 212 valence electrons. The molecule has 1 spiro atoms. The lowest BCUT2D eigenvalue weighted by Crippen LogP contribution is -2.52. The highest BCUT2D eigenvalue weighted by Gasteiger charge is 2.47. The molecule has 2 aromatic carbocycles. The Morgan fingerprint density at radius 1 is 1.12 bits per heavy atom. The van der Waals surface area contributed by atoms with Crippen LogP contribution < -0.4 is 10.1 Å². The van der Waals surface area contributed by atoms with Crippen LogP contribution in [0.25, 0.3) is 11.1 Å². The lowest BCUT2D eigenvalue weighted by Gasteiger charge is -2.38. The zero-order valence-electron chi connectivity index (χ0n) is 23.1. The molecule has 10 heteroatoms. The molecular weight excluding hydrogens is 522 g/mol. The van der Waals surface area contributed by atoms with Gasteiger partial charge < -0.3 is 14.4 Å². The van der Waals surface area contributed by atoms with Crippen LogP contribution in [-0.2, 0) is 39.6 Å². The molecule has 10 nitrogen and oxygen atoms in total. The van der Waals surface area contributed by atoms with Gasteiger partial charge in [-0.3, -0.25) is 24.6 Å². The number of nitrogens with one attached hydrogen (secondary N) is 1. The van der Waals surface area contributed by atoms with Crippen LogP contribution in [0.5, 0.6) is 5.75 Å². The number of ether oxygens (including phenoxy) is 2. The fourth-order valence-corrected chi connectivity index (χ4v) is 6.86. The molecule has 4 aliphatic heterocycles. The molecule has 2 saturated heterocycles. The van der Waals surface area contributed by atoms with Gasteiger partial charge in [0.2, 0.25) is 11.8 Å². The fourth-order valence-electron chi connectivity index (χ4n) is 6.86. The minimum Gasteiger partial charge on any atom is -0.492 e. The van der Waals surface area contributed by atoms with Gasteiger partial charge in [-0.1, -0.05) is 24.3 Å². The molecule has 2 fully saturated rings. The third kappa shape index (κ3) is 4.51. The van der Waals surface area contributed by atoms with Gasteiger partial charge in [-0.15, -0.1) is 0 Å². The van der Waals surface area contributed by atoms with E-state index < -0.39 is 11.9 Å². The van der Waals surface area contributed by atoms with Gasteiger partial charge in [-0.05, 0) is 55.6 Å². The van der Waals surface area contributed by atoms with Gasteiger partial charge in [0.25, 0.3) is 5.91 Å². The van der Waals surface area contributed by atoms with Crippen LogP contribution in [0.3, 0.4) is 0 Å². The first-order valence-electron chi connectivity index (χ1n) is 14.2. The van der Waals surface area contributed by atoms with Crippen LogP contribution in [0, 0.1) is 0 Å². The number of rotatable bonds is 6. The molecule has 3 amide bonds. The first kappa shape index (κ1) is 25.9. The van der Waals surface area contributed by atoms with Crippen LogP contribution in [0.15, 0.2) is 48.8 Å². The highest BCUT2D eigenvalue weighted by molar-refractivity contribution is 6.05. The number of imide groups is 1. The Labute approximate surface area is 238 Å². The molecule has 3 aromatic rings. The summed E-state index contributed by atoms with van der Waals surface area (Å²) in [5.74, 6) is -0.0168. The Hall–Kier alpha value is -4.02. The first-order valence-corrected chi connectivity index (χ1v) is 14.2. The molecule has 4 aliphatic rings. The van der Waals surface area contributed by atoms with E-state index in [2.05, 4.69) is 45.6 Å². The number of likely N-dealkylation sites (tertiary alicyclic amines) is 1. The second-order valence-electron chi connectivity index (χ2n) is 11.6. The van der Waals surface area contributed by atoms with E-state index in [1.165, 1.54) is 11.1 Å². The van der Waals surface area contributed by atoms with E-state index in [1.54, 1.807) is 16.7 Å². The van der Waals surface area contributed by atoms with Gasteiger partial charge in [0.15, 0.2) is 0 Å². The first-order chi connectivity index (χ1) is 19.9. The normalized spacial score (nSPS) is 21.6. The number of benzene rings is 2. The van der Waals surface area contributed by atoms with E-state index in [4.69, 9.17) is 9.47 Å². The Balaban J connectivity index is 1.03. The van der Waals surface area contributed by atoms with Gasteiger partial charge >= 0.3 is 0 Å². The van der Waals surface area contributed by atoms with Gasteiger partial charge in [-0.2, -0.15) is 5.10 Å². The lowest BCUT2D eigenvalue weighted by molar-refractivity contribution is -0.136. The second-order valence-corrected chi connectivity index (χ2v) is 11.6. The number of hydrogen-bond acceptors (Lipinski definition) is 7. The van der Waals surface area contributed by atoms with E-state index in [0.29, 0.717) is 31.9 Å². The molecule has 0 saturated carbocycles. The standard InChI is InChI=1S/C31H33N5O5/c1-40-19-35-16-22(14-32-35)21-4-2-3-20(13-21)15-34-11-9-31(10-12-34)18-41-28-24-17-36(26-7-8-27(37)33-29(26)38)30(39)23(24)5-6-25(28)31/h2-6,13-14,16,26H,7-12,15,17-19H2,1H3,(H,33,37,38)/t26-/m0/s1. The predicted molar refractivity (Wildman–Crippen MR) is 149 cm³/mol. The summed E-state index contributed by atoms with van der Waals surface area (Å²) in [7, 11) is 1.66. The van der Waals surface area contributed by atoms with Crippen molar-refractivity contribution >= 4 is 17.7 Å². The number of nitrogens with zero attached hydrogens (tertiary/aromatic N) is 4. The van der Waals surface area contributed by atoms with Gasteiger partial charge in [-0.25, -0.2) is 4.68 Å². The van der Waals surface area contributed by atoms with Crippen LogP contribution in [-0.4, -0.2) is 70.1 Å². The third-order valence-corrected chi connectivity index (χ3v) is 9.10. The summed E-state index contributed by atoms with van der Waals surface area (Å²) in [5, 5.41) is 6.74. The zero-order chi connectivity index (χ0) is 28.1. The molecule has 1 N–H and O–H groups in total. The van der Waals surface area contributed by atoms with Crippen molar-refractivity contribution in [2.45, 2.75) is 57.0 Å².